The molecule has 1 heterocycles. The smallest absolute Gasteiger partial charge is 0.258 e. The van der Waals surface area contributed by atoms with Gasteiger partial charge in [-0.3, -0.25) is 4.79 Å². The maximum absolute atomic E-state index is 13.5. The fourth-order valence-corrected chi connectivity index (χ4v) is 4.57. The molecule has 1 unspecified atom stereocenters. The highest BCUT2D eigenvalue weighted by Gasteiger charge is 2.25. The number of carbonyl (C=O) groups is 1. The number of aromatic nitrogens is 1. The molecule has 0 fully saturated rings. The van der Waals surface area contributed by atoms with Gasteiger partial charge in [0.05, 0.1) is 4.90 Å². The second kappa shape index (κ2) is 8.62. The first-order chi connectivity index (χ1) is 14.1. The highest BCUT2D eigenvalue weighted by Crippen LogP contribution is 2.27. The Labute approximate surface area is 178 Å². The van der Waals surface area contributed by atoms with Crippen LogP contribution >= 0.6 is 0 Å². The Hall–Kier alpha value is -2.64. The Morgan fingerprint density at radius 3 is 2.27 bits per heavy atom. The van der Waals surface area contributed by atoms with Crippen molar-refractivity contribution in [3.05, 3.63) is 60.3 Å². The summed E-state index contributed by atoms with van der Waals surface area (Å²) in [6.07, 6.45) is 2.73. The first kappa shape index (κ1) is 22.1. The van der Waals surface area contributed by atoms with Gasteiger partial charge in [0.15, 0.2) is 0 Å². The summed E-state index contributed by atoms with van der Waals surface area (Å²) in [6.45, 7) is 6.31. The molecular formula is C23H29N3O3S. The number of aromatic amines is 1. The van der Waals surface area contributed by atoms with E-state index in [4.69, 9.17) is 0 Å². The molecule has 7 heteroatoms. The molecule has 6 nitrogen and oxygen atoms in total. The van der Waals surface area contributed by atoms with Gasteiger partial charge in [0, 0.05) is 48.5 Å². The third kappa shape index (κ3) is 4.42. The van der Waals surface area contributed by atoms with Crippen LogP contribution in [0.4, 0.5) is 5.69 Å². The molecule has 0 radical (unpaired) electrons. The van der Waals surface area contributed by atoms with Crippen LogP contribution in [0.2, 0.25) is 0 Å². The fraction of sp³-hybridized carbons (Fsp3) is 0.348. The zero-order chi connectivity index (χ0) is 22.1. The number of H-pyrrole nitrogens is 1. The standard InChI is InChI=1S/C23H29N3O3S/c1-16(2)14-17(3)26(20-8-11-22-19(15-20)12-13-24-22)23(27)18-6-9-21(10-7-18)30(28,29)25(4)5/h6-13,15-17,24H,14H2,1-5H3. The maximum Gasteiger partial charge on any atom is 0.258 e. The molecule has 30 heavy (non-hydrogen) atoms. The van der Waals surface area contributed by atoms with Gasteiger partial charge in [-0.15, -0.1) is 0 Å². The first-order valence-electron chi connectivity index (χ1n) is 10.0. The lowest BCUT2D eigenvalue weighted by atomic mass is 10.0. The average molecular weight is 428 g/mol. The van der Waals surface area contributed by atoms with Crippen LogP contribution in [-0.4, -0.2) is 43.8 Å². The summed E-state index contributed by atoms with van der Waals surface area (Å²) in [5, 5.41) is 1.04. The molecule has 3 rings (SSSR count). The van der Waals surface area contributed by atoms with E-state index < -0.39 is 10.0 Å². The molecule has 3 aromatic rings. The minimum atomic E-state index is -3.54. The number of amides is 1. The van der Waals surface area contributed by atoms with Crippen LogP contribution in [0, 0.1) is 5.92 Å². The van der Waals surface area contributed by atoms with Crippen molar-refractivity contribution in [3.8, 4) is 0 Å². The lowest BCUT2D eigenvalue weighted by Gasteiger charge is -2.31. The van der Waals surface area contributed by atoms with Crippen molar-refractivity contribution >= 4 is 32.5 Å². The van der Waals surface area contributed by atoms with Crippen LogP contribution in [0.1, 0.15) is 37.6 Å². The van der Waals surface area contributed by atoms with Crippen LogP contribution in [0.3, 0.4) is 0 Å². The van der Waals surface area contributed by atoms with E-state index in [1.54, 1.807) is 12.1 Å². The third-order valence-corrected chi connectivity index (χ3v) is 7.00. The van der Waals surface area contributed by atoms with E-state index in [0.29, 0.717) is 11.5 Å². The Kier molecular flexibility index (Phi) is 6.33. The minimum Gasteiger partial charge on any atom is -0.361 e. The number of carbonyl (C=O) groups excluding carboxylic acids is 1. The summed E-state index contributed by atoms with van der Waals surface area (Å²) in [7, 11) is -0.563. The van der Waals surface area contributed by atoms with Gasteiger partial charge in [-0.1, -0.05) is 13.8 Å². The van der Waals surface area contributed by atoms with E-state index >= 15 is 0 Å². The number of sulfonamides is 1. The number of nitrogens with zero attached hydrogens (tertiary/aromatic N) is 2. The van der Waals surface area contributed by atoms with Gasteiger partial charge in [0.2, 0.25) is 10.0 Å². The molecule has 0 spiro atoms. The van der Waals surface area contributed by atoms with Crippen molar-refractivity contribution in [1.29, 1.82) is 0 Å². The van der Waals surface area contributed by atoms with Gasteiger partial charge in [0.25, 0.3) is 5.91 Å². The van der Waals surface area contributed by atoms with E-state index in [9.17, 15) is 13.2 Å². The van der Waals surface area contributed by atoms with Crippen molar-refractivity contribution < 1.29 is 13.2 Å². The summed E-state index contributed by atoms with van der Waals surface area (Å²) in [4.78, 5) is 18.6. The van der Waals surface area contributed by atoms with Crippen molar-refractivity contribution in [2.24, 2.45) is 5.92 Å². The molecule has 1 amide bonds. The molecule has 0 aliphatic carbocycles. The van der Waals surface area contributed by atoms with Crippen molar-refractivity contribution in [2.75, 3.05) is 19.0 Å². The number of benzene rings is 2. The number of nitrogens with one attached hydrogen (secondary N) is 1. The monoisotopic (exact) mass is 427 g/mol. The first-order valence-corrected chi connectivity index (χ1v) is 11.5. The van der Waals surface area contributed by atoms with Gasteiger partial charge >= 0.3 is 0 Å². The lowest BCUT2D eigenvalue weighted by Crippen LogP contribution is -2.39. The molecule has 0 aliphatic heterocycles. The Morgan fingerprint density at radius 1 is 1.00 bits per heavy atom. The molecule has 160 valence electrons. The van der Waals surface area contributed by atoms with Gasteiger partial charge in [-0.05, 0) is 67.8 Å². The predicted octanol–water partition coefficient (Wildman–Crippen LogP) is 4.50. The summed E-state index contributed by atoms with van der Waals surface area (Å²) < 4.78 is 25.8. The van der Waals surface area contributed by atoms with Crippen LogP contribution in [-0.2, 0) is 10.0 Å². The Morgan fingerprint density at radius 2 is 1.67 bits per heavy atom. The lowest BCUT2D eigenvalue weighted by molar-refractivity contribution is 0.0976. The number of hydrogen-bond acceptors (Lipinski definition) is 3. The molecule has 0 saturated carbocycles. The number of fused-ring (bicyclic) bond motifs is 1. The second-order valence-electron chi connectivity index (χ2n) is 8.21. The minimum absolute atomic E-state index is 0.0147. The zero-order valence-corrected chi connectivity index (χ0v) is 18.9. The maximum atomic E-state index is 13.5. The quantitative estimate of drug-likeness (QED) is 0.603. The SMILES string of the molecule is CC(C)CC(C)N(C(=O)c1ccc(S(=O)(=O)N(C)C)cc1)c1ccc2[nH]ccc2c1. The van der Waals surface area contributed by atoms with Gasteiger partial charge in [-0.25, -0.2) is 12.7 Å². The van der Waals surface area contributed by atoms with Crippen molar-refractivity contribution in [1.82, 2.24) is 9.29 Å². The highest BCUT2D eigenvalue weighted by molar-refractivity contribution is 7.89. The van der Waals surface area contributed by atoms with E-state index in [1.165, 1.54) is 26.2 Å². The Balaban J connectivity index is 1.99. The van der Waals surface area contributed by atoms with Crippen molar-refractivity contribution in [2.45, 2.75) is 38.1 Å². The van der Waals surface area contributed by atoms with Crippen LogP contribution in [0.15, 0.2) is 59.6 Å². The second-order valence-corrected chi connectivity index (χ2v) is 10.4. The summed E-state index contributed by atoms with van der Waals surface area (Å²) in [5.74, 6) is 0.283. The molecular weight excluding hydrogens is 398 g/mol. The average Bonchev–Trinajstić information content (AvgIpc) is 3.15. The van der Waals surface area contributed by atoms with E-state index in [0.717, 1.165) is 27.3 Å². The number of hydrogen-bond donors (Lipinski definition) is 1. The fourth-order valence-electron chi connectivity index (χ4n) is 3.67. The van der Waals surface area contributed by atoms with Crippen LogP contribution < -0.4 is 4.90 Å². The van der Waals surface area contributed by atoms with Gasteiger partial charge in [0.1, 0.15) is 0 Å². The third-order valence-electron chi connectivity index (χ3n) is 5.17. The molecule has 1 atom stereocenters. The number of anilines is 1. The molecule has 2 aromatic carbocycles. The van der Waals surface area contributed by atoms with E-state index in [1.807, 2.05) is 42.3 Å². The summed E-state index contributed by atoms with van der Waals surface area (Å²) in [5.41, 5.74) is 2.30. The van der Waals surface area contributed by atoms with Crippen LogP contribution in [0.25, 0.3) is 10.9 Å². The van der Waals surface area contributed by atoms with Gasteiger partial charge in [-0.2, -0.15) is 0 Å². The molecule has 0 aliphatic rings. The Bertz CT molecular complexity index is 1130. The van der Waals surface area contributed by atoms with E-state index in [2.05, 4.69) is 18.8 Å². The predicted molar refractivity (Wildman–Crippen MR) is 121 cm³/mol. The highest BCUT2D eigenvalue weighted by atomic mass is 32.2. The van der Waals surface area contributed by atoms with Crippen LogP contribution in [0.5, 0.6) is 0 Å². The largest absolute Gasteiger partial charge is 0.361 e. The molecule has 0 saturated heterocycles. The van der Waals surface area contributed by atoms with Crippen molar-refractivity contribution in [3.63, 3.8) is 0 Å². The topological polar surface area (TPSA) is 73.5 Å². The van der Waals surface area contributed by atoms with Gasteiger partial charge < -0.3 is 9.88 Å². The summed E-state index contributed by atoms with van der Waals surface area (Å²) >= 11 is 0. The molecule has 1 aromatic heterocycles. The molecule has 0 bridgehead atoms. The normalized spacial score (nSPS) is 13.2. The number of rotatable bonds is 7. The zero-order valence-electron chi connectivity index (χ0n) is 18.1. The molecule has 1 N–H and O–H groups in total. The van der Waals surface area contributed by atoms with E-state index in [-0.39, 0.29) is 16.8 Å². The summed E-state index contributed by atoms with van der Waals surface area (Å²) in [6, 6.07) is 14.0.